The van der Waals surface area contributed by atoms with Crippen LogP contribution >= 0.6 is 0 Å². The highest BCUT2D eigenvalue weighted by Crippen LogP contribution is 2.20. The quantitative estimate of drug-likeness (QED) is 0.823. The molecule has 2 rings (SSSR count). The molecule has 0 aliphatic rings. The first-order valence-corrected chi connectivity index (χ1v) is 6.25. The molecule has 0 atom stereocenters. The van der Waals surface area contributed by atoms with Crippen LogP contribution in [-0.4, -0.2) is 24.2 Å². The number of esters is 1. The number of rotatable bonds is 5. The highest BCUT2D eigenvalue weighted by molar-refractivity contribution is 5.92. The number of furan rings is 1. The molecule has 6 heteroatoms. The van der Waals surface area contributed by atoms with Gasteiger partial charge in [0.2, 0.25) is 0 Å². The summed E-state index contributed by atoms with van der Waals surface area (Å²) in [5.41, 5.74) is 2.10. The molecule has 1 aromatic heterocycles. The standard InChI is InChI=1S/C15H15NO5/c1-9-12(15(19)20-2)4-3-5-13(9)16-7-11-6-10(8-21-11)14(17)18/h3-6,8,16H,7H2,1-2H3,(H,17,18). The third-order valence-electron chi connectivity index (χ3n) is 3.09. The number of carboxylic acids is 1. The number of methoxy groups -OCH3 is 1. The maximum atomic E-state index is 11.6. The van der Waals surface area contributed by atoms with Gasteiger partial charge in [-0.05, 0) is 30.7 Å². The van der Waals surface area contributed by atoms with Crippen LogP contribution in [0, 0.1) is 6.92 Å². The predicted molar refractivity (Wildman–Crippen MR) is 75.5 cm³/mol. The number of anilines is 1. The largest absolute Gasteiger partial charge is 0.478 e. The average molecular weight is 289 g/mol. The number of carbonyl (C=O) groups is 2. The van der Waals surface area contributed by atoms with E-state index in [1.165, 1.54) is 19.4 Å². The minimum atomic E-state index is -1.03. The van der Waals surface area contributed by atoms with E-state index < -0.39 is 11.9 Å². The zero-order valence-electron chi connectivity index (χ0n) is 11.7. The fourth-order valence-corrected chi connectivity index (χ4v) is 1.93. The molecule has 0 bridgehead atoms. The highest BCUT2D eigenvalue weighted by Gasteiger charge is 2.12. The Morgan fingerprint density at radius 1 is 1.38 bits per heavy atom. The van der Waals surface area contributed by atoms with Crippen molar-refractivity contribution in [3.63, 3.8) is 0 Å². The summed E-state index contributed by atoms with van der Waals surface area (Å²) in [4.78, 5) is 22.4. The van der Waals surface area contributed by atoms with Gasteiger partial charge in [-0.1, -0.05) is 6.07 Å². The smallest absolute Gasteiger partial charge is 0.338 e. The van der Waals surface area contributed by atoms with Gasteiger partial charge in [-0.2, -0.15) is 0 Å². The molecule has 6 nitrogen and oxygen atoms in total. The molecule has 21 heavy (non-hydrogen) atoms. The van der Waals surface area contributed by atoms with Crippen molar-refractivity contribution in [3.8, 4) is 0 Å². The summed E-state index contributed by atoms with van der Waals surface area (Å²) in [6.07, 6.45) is 1.19. The Bertz CT molecular complexity index is 674. The Hall–Kier alpha value is -2.76. The predicted octanol–water partition coefficient (Wildman–Crippen LogP) is 2.68. The number of ether oxygens (including phenoxy) is 1. The van der Waals surface area contributed by atoms with Crippen LogP contribution in [0.4, 0.5) is 5.69 Å². The molecule has 1 aromatic carbocycles. The van der Waals surface area contributed by atoms with Crippen LogP contribution in [0.3, 0.4) is 0 Å². The van der Waals surface area contributed by atoms with E-state index in [4.69, 9.17) is 14.3 Å². The Labute approximate surface area is 121 Å². The normalized spacial score (nSPS) is 10.2. The first-order chi connectivity index (χ1) is 10.0. The summed E-state index contributed by atoms with van der Waals surface area (Å²) in [5, 5.41) is 11.9. The molecule has 0 unspecified atom stereocenters. The highest BCUT2D eigenvalue weighted by atomic mass is 16.5. The van der Waals surface area contributed by atoms with Crippen molar-refractivity contribution in [2.75, 3.05) is 12.4 Å². The molecule has 1 heterocycles. The van der Waals surface area contributed by atoms with Crippen molar-refractivity contribution < 1.29 is 23.8 Å². The second-order valence-corrected chi connectivity index (χ2v) is 4.43. The van der Waals surface area contributed by atoms with Crippen LogP contribution in [0.2, 0.25) is 0 Å². The van der Waals surface area contributed by atoms with Gasteiger partial charge in [0.1, 0.15) is 12.0 Å². The molecule has 0 fully saturated rings. The van der Waals surface area contributed by atoms with E-state index in [1.54, 1.807) is 19.1 Å². The van der Waals surface area contributed by atoms with Crippen LogP contribution in [0.15, 0.2) is 34.9 Å². The van der Waals surface area contributed by atoms with E-state index in [9.17, 15) is 9.59 Å². The van der Waals surface area contributed by atoms with Gasteiger partial charge in [-0.3, -0.25) is 0 Å². The average Bonchev–Trinajstić information content (AvgIpc) is 2.94. The molecule has 0 amide bonds. The van der Waals surface area contributed by atoms with Gasteiger partial charge in [0.15, 0.2) is 0 Å². The number of benzene rings is 1. The maximum absolute atomic E-state index is 11.6. The van der Waals surface area contributed by atoms with Crippen LogP contribution in [0.5, 0.6) is 0 Å². The summed E-state index contributed by atoms with van der Waals surface area (Å²) in [5.74, 6) is -0.938. The summed E-state index contributed by atoms with van der Waals surface area (Å²) >= 11 is 0. The second-order valence-electron chi connectivity index (χ2n) is 4.43. The van der Waals surface area contributed by atoms with Crippen molar-refractivity contribution in [1.82, 2.24) is 0 Å². The maximum Gasteiger partial charge on any atom is 0.338 e. The lowest BCUT2D eigenvalue weighted by atomic mass is 10.1. The number of hydrogen-bond acceptors (Lipinski definition) is 5. The van der Waals surface area contributed by atoms with Gasteiger partial charge in [-0.25, -0.2) is 9.59 Å². The third kappa shape index (κ3) is 3.22. The number of carbonyl (C=O) groups excluding carboxylic acids is 1. The number of aromatic carboxylic acids is 1. The van der Waals surface area contributed by atoms with Gasteiger partial charge in [0.25, 0.3) is 0 Å². The zero-order chi connectivity index (χ0) is 15.4. The first-order valence-electron chi connectivity index (χ1n) is 6.25. The number of hydrogen-bond donors (Lipinski definition) is 2. The summed E-state index contributed by atoms with van der Waals surface area (Å²) < 4.78 is 9.87. The van der Waals surface area contributed by atoms with Crippen LogP contribution < -0.4 is 5.32 Å². The minimum Gasteiger partial charge on any atom is -0.478 e. The van der Waals surface area contributed by atoms with Crippen LogP contribution in [-0.2, 0) is 11.3 Å². The van der Waals surface area contributed by atoms with Gasteiger partial charge >= 0.3 is 11.9 Å². The van der Waals surface area contributed by atoms with E-state index in [1.807, 2.05) is 6.07 Å². The topological polar surface area (TPSA) is 88.8 Å². The molecule has 0 radical (unpaired) electrons. The van der Waals surface area contributed by atoms with Crippen LogP contribution in [0.1, 0.15) is 32.0 Å². The van der Waals surface area contributed by atoms with Crippen molar-refractivity contribution in [2.24, 2.45) is 0 Å². The molecule has 0 saturated heterocycles. The van der Waals surface area contributed by atoms with Crippen molar-refractivity contribution in [3.05, 3.63) is 53.0 Å². The first kappa shape index (κ1) is 14.6. The SMILES string of the molecule is COC(=O)c1cccc(NCc2cc(C(=O)O)co2)c1C. The molecule has 0 aliphatic heterocycles. The second kappa shape index (κ2) is 6.13. The van der Waals surface area contributed by atoms with Crippen LogP contribution in [0.25, 0.3) is 0 Å². The monoisotopic (exact) mass is 289 g/mol. The van der Waals surface area contributed by atoms with E-state index in [0.717, 1.165) is 11.3 Å². The van der Waals surface area contributed by atoms with E-state index in [-0.39, 0.29) is 5.56 Å². The Kier molecular flexibility index (Phi) is 4.27. The summed E-state index contributed by atoms with van der Waals surface area (Å²) in [7, 11) is 1.33. The van der Waals surface area contributed by atoms with Gasteiger partial charge in [0, 0.05) is 5.69 Å². The van der Waals surface area contributed by atoms with Gasteiger partial charge in [0.05, 0.1) is 24.8 Å². The lowest BCUT2D eigenvalue weighted by Gasteiger charge is -2.11. The molecular formula is C15H15NO5. The Morgan fingerprint density at radius 3 is 2.76 bits per heavy atom. The molecule has 0 aliphatic carbocycles. The lowest BCUT2D eigenvalue weighted by molar-refractivity contribution is 0.0599. The Morgan fingerprint density at radius 2 is 2.14 bits per heavy atom. The molecular weight excluding hydrogens is 274 g/mol. The lowest BCUT2D eigenvalue weighted by Crippen LogP contribution is -2.07. The van der Waals surface area contributed by atoms with Crippen molar-refractivity contribution in [2.45, 2.75) is 13.5 Å². The van der Waals surface area contributed by atoms with Crippen molar-refractivity contribution in [1.29, 1.82) is 0 Å². The van der Waals surface area contributed by atoms with E-state index in [2.05, 4.69) is 5.32 Å². The number of nitrogens with one attached hydrogen (secondary N) is 1. The minimum absolute atomic E-state index is 0.104. The molecule has 0 saturated carbocycles. The number of carboxylic acid groups (broad SMARTS) is 1. The van der Waals surface area contributed by atoms with Crippen molar-refractivity contribution >= 4 is 17.6 Å². The molecule has 110 valence electrons. The molecule has 2 aromatic rings. The van der Waals surface area contributed by atoms with Gasteiger partial charge < -0.3 is 19.6 Å². The van der Waals surface area contributed by atoms with E-state index in [0.29, 0.717) is 17.9 Å². The summed E-state index contributed by atoms with van der Waals surface area (Å²) in [6.45, 7) is 2.12. The fraction of sp³-hybridized carbons (Fsp3) is 0.200. The third-order valence-corrected chi connectivity index (χ3v) is 3.09. The molecule has 2 N–H and O–H groups in total. The molecule has 0 spiro atoms. The van der Waals surface area contributed by atoms with Gasteiger partial charge in [-0.15, -0.1) is 0 Å². The Balaban J connectivity index is 2.12. The zero-order valence-corrected chi connectivity index (χ0v) is 11.7. The summed E-state index contributed by atoms with van der Waals surface area (Å²) in [6, 6.07) is 6.70. The fourth-order valence-electron chi connectivity index (χ4n) is 1.93. The van der Waals surface area contributed by atoms with E-state index >= 15 is 0 Å².